The lowest BCUT2D eigenvalue weighted by atomic mass is 10.1. The van der Waals surface area contributed by atoms with Crippen LogP contribution in [0.25, 0.3) is 6.08 Å². The van der Waals surface area contributed by atoms with Gasteiger partial charge in [-0.15, -0.1) is 0 Å². The molecule has 6 heteroatoms. The maximum atomic E-state index is 13.0. The van der Waals surface area contributed by atoms with Gasteiger partial charge in [0.25, 0.3) is 0 Å². The molecule has 0 saturated carbocycles. The molecule has 0 unspecified atom stereocenters. The summed E-state index contributed by atoms with van der Waals surface area (Å²) in [7, 11) is 0. The smallest absolute Gasteiger partial charge is 0.314 e. The highest BCUT2D eigenvalue weighted by atomic mass is 19.1. The van der Waals surface area contributed by atoms with Crippen LogP contribution in [0.3, 0.4) is 0 Å². The number of halogens is 1. The molecule has 76 valence electrons. The van der Waals surface area contributed by atoms with E-state index in [-0.39, 0.29) is 5.56 Å². The molecular weight excluding hydrogens is 203 g/mol. The van der Waals surface area contributed by atoms with Crippen molar-refractivity contribution < 1.29 is 14.4 Å². The molecule has 1 aromatic carbocycles. The molecule has 0 radical (unpaired) electrons. The van der Waals surface area contributed by atoms with Crippen molar-refractivity contribution in [3.63, 3.8) is 0 Å². The second-order valence-corrected chi connectivity index (χ2v) is 2.59. The Hall–Kier alpha value is -2.42. The summed E-state index contributed by atoms with van der Waals surface area (Å²) < 4.78 is 13.0. The Kier molecular flexibility index (Phi) is 2.98. The van der Waals surface area contributed by atoms with Crippen LogP contribution in [0.1, 0.15) is 5.56 Å². The second kappa shape index (κ2) is 4.19. The third kappa shape index (κ3) is 2.28. The summed E-state index contributed by atoms with van der Waals surface area (Å²) in [4.78, 5) is 9.49. The Balaban J connectivity index is 3.31. The lowest BCUT2D eigenvalue weighted by Gasteiger charge is -1.99. The fraction of sp³-hybridized carbons (Fsp3) is 0. The quantitative estimate of drug-likeness (QED) is 0.457. The lowest BCUT2D eigenvalue weighted by molar-refractivity contribution is -0.386. The van der Waals surface area contributed by atoms with E-state index in [0.29, 0.717) is 0 Å². The zero-order valence-electron chi connectivity index (χ0n) is 7.35. The maximum Gasteiger partial charge on any atom is 0.314 e. The normalized spacial score (nSPS) is 10.1. The number of phenolic OH excluding ortho intramolecular Hbond substituents is 1. The van der Waals surface area contributed by atoms with E-state index < -0.39 is 22.2 Å². The molecule has 0 aliphatic carbocycles. The number of phenols is 1. The Bertz CT molecular complexity index is 477. The molecule has 1 rings (SSSR count). The number of nitrogens with zero attached hydrogens (tertiary/aromatic N) is 2. The van der Waals surface area contributed by atoms with E-state index >= 15 is 0 Å². The van der Waals surface area contributed by atoms with Crippen molar-refractivity contribution in [1.82, 2.24) is 0 Å². The van der Waals surface area contributed by atoms with Crippen LogP contribution in [0.4, 0.5) is 10.1 Å². The van der Waals surface area contributed by atoms with Gasteiger partial charge in [-0.1, -0.05) is 0 Å². The average molecular weight is 208 g/mol. The van der Waals surface area contributed by atoms with E-state index in [1.807, 2.05) is 0 Å². The molecule has 0 bridgehead atoms. The van der Waals surface area contributed by atoms with Crippen molar-refractivity contribution in [2.24, 2.45) is 0 Å². The number of benzene rings is 1. The fourth-order valence-corrected chi connectivity index (χ4v) is 0.974. The van der Waals surface area contributed by atoms with Gasteiger partial charge in [0, 0.05) is 12.1 Å². The van der Waals surface area contributed by atoms with Crippen molar-refractivity contribution in [3.05, 3.63) is 39.7 Å². The molecule has 0 atom stereocenters. The van der Waals surface area contributed by atoms with Crippen molar-refractivity contribution in [2.45, 2.75) is 0 Å². The predicted octanol–water partition coefficient (Wildman–Crippen LogP) is 1.98. The van der Waals surface area contributed by atoms with Gasteiger partial charge in [-0.2, -0.15) is 5.26 Å². The van der Waals surface area contributed by atoms with Gasteiger partial charge in [0.05, 0.1) is 11.0 Å². The predicted molar refractivity (Wildman–Crippen MR) is 49.4 cm³/mol. The van der Waals surface area contributed by atoms with Crippen LogP contribution in [-0.4, -0.2) is 10.0 Å². The SMILES string of the molecule is N#CC=Cc1cc(F)c(O)c([N+](=O)[O-])c1. The van der Waals surface area contributed by atoms with Crippen molar-refractivity contribution in [2.75, 3.05) is 0 Å². The number of rotatable bonds is 2. The molecule has 1 N–H and O–H groups in total. The monoisotopic (exact) mass is 208 g/mol. The molecule has 0 aromatic heterocycles. The fourth-order valence-electron chi connectivity index (χ4n) is 0.974. The average Bonchev–Trinajstić information content (AvgIpc) is 2.19. The number of aromatic hydroxyl groups is 1. The molecule has 0 saturated heterocycles. The van der Waals surface area contributed by atoms with Gasteiger partial charge in [0.2, 0.25) is 5.75 Å². The highest BCUT2D eigenvalue weighted by molar-refractivity contribution is 5.60. The molecule has 5 nitrogen and oxygen atoms in total. The standard InChI is InChI=1S/C9H5FN2O3/c10-7-4-6(2-1-3-11)5-8(9(7)13)12(14)15/h1-2,4-5,13H. The first kappa shape index (κ1) is 10.7. The van der Waals surface area contributed by atoms with E-state index in [9.17, 15) is 14.5 Å². The molecule has 0 spiro atoms. The van der Waals surface area contributed by atoms with Crippen LogP contribution in [0.15, 0.2) is 18.2 Å². The summed E-state index contributed by atoms with van der Waals surface area (Å²) >= 11 is 0. The summed E-state index contributed by atoms with van der Waals surface area (Å²) in [5.74, 6) is -2.10. The number of hydrogen-bond donors (Lipinski definition) is 1. The third-order valence-electron chi connectivity index (χ3n) is 1.61. The van der Waals surface area contributed by atoms with Crippen LogP contribution in [0.2, 0.25) is 0 Å². The van der Waals surface area contributed by atoms with Crippen molar-refractivity contribution >= 4 is 11.8 Å². The summed E-state index contributed by atoms with van der Waals surface area (Å²) in [6, 6.07) is 3.54. The first-order chi connectivity index (χ1) is 7.06. The van der Waals surface area contributed by atoms with E-state index in [0.717, 1.165) is 18.2 Å². The number of allylic oxidation sites excluding steroid dienone is 1. The zero-order chi connectivity index (χ0) is 11.4. The van der Waals surface area contributed by atoms with E-state index in [4.69, 9.17) is 10.4 Å². The molecule has 0 heterocycles. The first-order valence-corrected chi connectivity index (χ1v) is 3.79. The summed E-state index contributed by atoms with van der Waals surface area (Å²) in [5.41, 5.74) is -0.592. The number of nitro benzene ring substituents is 1. The van der Waals surface area contributed by atoms with Gasteiger partial charge in [-0.05, 0) is 17.7 Å². The van der Waals surface area contributed by atoms with Gasteiger partial charge in [-0.3, -0.25) is 10.1 Å². The minimum absolute atomic E-state index is 0.138. The Morgan fingerprint density at radius 3 is 2.80 bits per heavy atom. The zero-order valence-corrected chi connectivity index (χ0v) is 7.35. The lowest BCUT2D eigenvalue weighted by Crippen LogP contribution is -1.91. The van der Waals surface area contributed by atoms with Crippen LogP contribution in [0.5, 0.6) is 5.75 Å². The minimum Gasteiger partial charge on any atom is -0.500 e. The summed E-state index contributed by atoms with van der Waals surface area (Å²) in [5, 5.41) is 27.6. The minimum atomic E-state index is -1.10. The Morgan fingerprint density at radius 1 is 1.60 bits per heavy atom. The highest BCUT2D eigenvalue weighted by Gasteiger charge is 2.18. The molecule has 1 aromatic rings. The van der Waals surface area contributed by atoms with Gasteiger partial charge in [0.1, 0.15) is 0 Å². The maximum absolute atomic E-state index is 13.0. The third-order valence-corrected chi connectivity index (χ3v) is 1.61. The van der Waals surface area contributed by atoms with Crippen LogP contribution < -0.4 is 0 Å². The summed E-state index contributed by atoms with van der Waals surface area (Å²) in [6.07, 6.45) is 2.26. The molecule has 0 aliphatic rings. The van der Waals surface area contributed by atoms with Crippen LogP contribution in [-0.2, 0) is 0 Å². The molecular formula is C9H5FN2O3. The van der Waals surface area contributed by atoms with Gasteiger partial charge >= 0.3 is 5.69 Å². The largest absolute Gasteiger partial charge is 0.500 e. The van der Waals surface area contributed by atoms with Gasteiger partial charge < -0.3 is 5.11 Å². The Morgan fingerprint density at radius 2 is 2.27 bits per heavy atom. The van der Waals surface area contributed by atoms with Crippen molar-refractivity contribution in [1.29, 1.82) is 5.26 Å². The van der Waals surface area contributed by atoms with Crippen molar-refractivity contribution in [3.8, 4) is 11.8 Å². The van der Waals surface area contributed by atoms with Gasteiger partial charge in [-0.25, -0.2) is 4.39 Å². The molecule has 0 amide bonds. The van der Waals surface area contributed by atoms with E-state index in [1.54, 1.807) is 6.07 Å². The Labute approximate surface area is 83.8 Å². The molecule has 0 fully saturated rings. The highest BCUT2D eigenvalue weighted by Crippen LogP contribution is 2.30. The van der Waals surface area contributed by atoms with Crippen LogP contribution >= 0.6 is 0 Å². The number of nitriles is 1. The molecule has 0 aliphatic heterocycles. The number of hydrogen-bond acceptors (Lipinski definition) is 4. The first-order valence-electron chi connectivity index (χ1n) is 3.79. The van der Waals surface area contributed by atoms with E-state index in [2.05, 4.69) is 0 Å². The van der Waals surface area contributed by atoms with E-state index in [1.165, 1.54) is 6.08 Å². The topological polar surface area (TPSA) is 87.2 Å². The van der Waals surface area contributed by atoms with Gasteiger partial charge in [0.15, 0.2) is 5.82 Å². The number of nitro groups is 1. The van der Waals surface area contributed by atoms with Crippen LogP contribution in [0, 0.1) is 27.3 Å². The second-order valence-electron chi connectivity index (χ2n) is 2.59. The molecule has 15 heavy (non-hydrogen) atoms. The summed E-state index contributed by atoms with van der Waals surface area (Å²) in [6.45, 7) is 0.